The first kappa shape index (κ1) is 9.58. The number of hydrogen-bond acceptors (Lipinski definition) is 2. The highest BCUT2D eigenvalue weighted by Gasteiger charge is 2.18. The van der Waals surface area contributed by atoms with Gasteiger partial charge in [0.05, 0.1) is 12.6 Å². The second kappa shape index (κ2) is 3.09. The van der Waals surface area contributed by atoms with Gasteiger partial charge in [0.15, 0.2) is 0 Å². The maximum Gasteiger partial charge on any atom is 0.233 e. The first-order chi connectivity index (χ1) is 5.45. The summed E-state index contributed by atoms with van der Waals surface area (Å²) in [6.07, 6.45) is 0. The summed E-state index contributed by atoms with van der Waals surface area (Å²) in [5.41, 5.74) is -0.0182. The SMILES string of the molecule is COc1cc(Br)n(C(C)(C)C)n1. The normalized spacial score (nSPS) is 11.8. The highest BCUT2D eigenvalue weighted by molar-refractivity contribution is 9.10. The lowest BCUT2D eigenvalue weighted by atomic mass is 10.1. The summed E-state index contributed by atoms with van der Waals surface area (Å²) in [6.45, 7) is 6.26. The Morgan fingerprint density at radius 2 is 2.08 bits per heavy atom. The van der Waals surface area contributed by atoms with Crippen LogP contribution < -0.4 is 4.74 Å². The largest absolute Gasteiger partial charge is 0.480 e. The molecule has 12 heavy (non-hydrogen) atoms. The summed E-state index contributed by atoms with van der Waals surface area (Å²) in [5, 5.41) is 4.25. The first-order valence-corrected chi connectivity index (χ1v) is 4.54. The van der Waals surface area contributed by atoms with Crippen LogP contribution in [0.25, 0.3) is 0 Å². The number of rotatable bonds is 1. The van der Waals surface area contributed by atoms with Crippen LogP contribution in [0.1, 0.15) is 20.8 Å². The molecule has 1 aromatic rings. The van der Waals surface area contributed by atoms with E-state index < -0.39 is 0 Å². The summed E-state index contributed by atoms with van der Waals surface area (Å²) in [7, 11) is 1.61. The minimum Gasteiger partial charge on any atom is -0.480 e. The number of halogens is 1. The quantitative estimate of drug-likeness (QED) is 0.744. The molecule has 68 valence electrons. The van der Waals surface area contributed by atoms with E-state index in [1.54, 1.807) is 7.11 Å². The molecular formula is C8H13BrN2O. The van der Waals surface area contributed by atoms with Crippen LogP contribution in [0.3, 0.4) is 0 Å². The van der Waals surface area contributed by atoms with Crippen LogP contribution in [0.15, 0.2) is 10.7 Å². The fraction of sp³-hybridized carbons (Fsp3) is 0.625. The summed E-state index contributed by atoms with van der Waals surface area (Å²) < 4.78 is 7.83. The molecule has 0 bridgehead atoms. The number of aromatic nitrogens is 2. The summed E-state index contributed by atoms with van der Waals surface area (Å²) >= 11 is 3.41. The molecule has 1 aromatic heterocycles. The molecule has 1 rings (SSSR count). The van der Waals surface area contributed by atoms with Crippen molar-refractivity contribution in [1.29, 1.82) is 0 Å². The Kier molecular flexibility index (Phi) is 2.46. The second-order valence-electron chi connectivity index (χ2n) is 3.59. The van der Waals surface area contributed by atoms with Crippen molar-refractivity contribution in [3.8, 4) is 5.88 Å². The molecule has 0 saturated heterocycles. The molecule has 0 aliphatic carbocycles. The van der Waals surface area contributed by atoms with Gasteiger partial charge in [-0.25, -0.2) is 4.68 Å². The summed E-state index contributed by atoms with van der Waals surface area (Å²) in [6, 6.07) is 1.85. The first-order valence-electron chi connectivity index (χ1n) is 3.75. The minimum atomic E-state index is -0.0182. The van der Waals surface area contributed by atoms with Crippen molar-refractivity contribution in [3.05, 3.63) is 10.7 Å². The lowest BCUT2D eigenvalue weighted by molar-refractivity contribution is 0.325. The van der Waals surface area contributed by atoms with Crippen LogP contribution in [0.5, 0.6) is 5.88 Å². The lowest BCUT2D eigenvalue weighted by Gasteiger charge is -2.19. The van der Waals surface area contributed by atoms with Gasteiger partial charge in [0, 0.05) is 6.07 Å². The van der Waals surface area contributed by atoms with Gasteiger partial charge in [-0.15, -0.1) is 5.10 Å². The Balaban J connectivity index is 3.08. The van der Waals surface area contributed by atoms with Gasteiger partial charge >= 0.3 is 0 Å². The van der Waals surface area contributed by atoms with Crippen LogP contribution in [-0.4, -0.2) is 16.9 Å². The average Bonchev–Trinajstić information content (AvgIpc) is 2.29. The fourth-order valence-corrected chi connectivity index (χ4v) is 1.72. The van der Waals surface area contributed by atoms with E-state index >= 15 is 0 Å². The minimum absolute atomic E-state index is 0.0182. The summed E-state index contributed by atoms with van der Waals surface area (Å²) in [4.78, 5) is 0. The molecule has 0 N–H and O–H groups in total. The van der Waals surface area contributed by atoms with Gasteiger partial charge in [-0.2, -0.15) is 0 Å². The predicted molar refractivity (Wildman–Crippen MR) is 51.5 cm³/mol. The molecule has 0 amide bonds. The third-order valence-electron chi connectivity index (χ3n) is 1.49. The highest BCUT2D eigenvalue weighted by Crippen LogP contribution is 2.24. The smallest absolute Gasteiger partial charge is 0.233 e. The Labute approximate surface area is 80.8 Å². The monoisotopic (exact) mass is 232 g/mol. The fourth-order valence-electron chi connectivity index (χ4n) is 0.908. The van der Waals surface area contributed by atoms with Crippen LogP contribution in [0.2, 0.25) is 0 Å². The molecule has 1 heterocycles. The van der Waals surface area contributed by atoms with E-state index in [1.165, 1.54) is 0 Å². The highest BCUT2D eigenvalue weighted by atomic mass is 79.9. The standard InChI is InChI=1S/C8H13BrN2O/c1-8(2,3)11-6(9)5-7(10-11)12-4/h5H,1-4H3. The molecule has 4 heteroatoms. The number of ether oxygens (including phenoxy) is 1. The van der Waals surface area contributed by atoms with Crippen LogP contribution in [0, 0.1) is 0 Å². The number of nitrogens with zero attached hydrogens (tertiary/aromatic N) is 2. The molecule has 0 aliphatic rings. The van der Waals surface area contributed by atoms with E-state index in [1.807, 2.05) is 10.7 Å². The Morgan fingerprint density at radius 1 is 1.50 bits per heavy atom. The van der Waals surface area contributed by atoms with Crippen LogP contribution >= 0.6 is 15.9 Å². The van der Waals surface area contributed by atoms with Gasteiger partial charge in [0.25, 0.3) is 0 Å². The van der Waals surface area contributed by atoms with Crippen molar-refractivity contribution in [2.24, 2.45) is 0 Å². The van der Waals surface area contributed by atoms with E-state index in [0.29, 0.717) is 5.88 Å². The molecule has 0 atom stereocenters. The maximum atomic E-state index is 5.01. The van der Waals surface area contributed by atoms with Gasteiger partial charge < -0.3 is 4.74 Å². The van der Waals surface area contributed by atoms with Crippen molar-refractivity contribution in [3.63, 3.8) is 0 Å². The third-order valence-corrected chi connectivity index (χ3v) is 2.05. The Bertz CT molecular complexity index is 275. The molecule has 0 spiro atoms. The van der Waals surface area contributed by atoms with Crippen molar-refractivity contribution >= 4 is 15.9 Å². The number of methoxy groups -OCH3 is 1. The zero-order valence-corrected chi connectivity index (χ0v) is 9.34. The summed E-state index contributed by atoms with van der Waals surface area (Å²) in [5.74, 6) is 0.636. The molecule has 0 aliphatic heterocycles. The van der Waals surface area contributed by atoms with E-state index in [2.05, 4.69) is 41.8 Å². The maximum absolute atomic E-state index is 5.01. The molecule has 3 nitrogen and oxygen atoms in total. The Morgan fingerprint density at radius 3 is 2.33 bits per heavy atom. The van der Waals surface area contributed by atoms with Crippen molar-refractivity contribution in [2.75, 3.05) is 7.11 Å². The van der Waals surface area contributed by atoms with Crippen molar-refractivity contribution in [2.45, 2.75) is 26.3 Å². The van der Waals surface area contributed by atoms with Crippen LogP contribution in [-0.2, 0) is 5.54 Å². The zero-order chi connectivity index (χ0) is 9.35. The molecule has 0 aromatic carbocycles. The van der Waals surface area contributed by atoms with Crippen molar-refractivity contribution in [1.82, 2.24) is 9.78 Å². The zero-order valence-electron chi connectivity index (χ0n) is 7.76. The van der Waals surface area contributed by atoms with E-state index in [-0.39, 0.29) is 5.54 Å². The lowest BCUT2D eigenvalue weighted by Crippen LogP contribution is -2.23. The van der Waals surface area contributed by atoms with Gasteiger partial charge in [-0.1, -0.05) is 0 Å². The van der Waals surface area contributed by atoms with Crippen molar-refractivity contribution < 1.29 is 4.74 Å². The molecule has 0 saturated carbocycles. The van der Waals surface area contributed by atoms with E-state index in [0.717, 1.165) is 4.60 Å². The van der Waals surface area contributed by atoms with E-state index in [9.17, 15) is 0 Å². The van der Waals surface area contributed by atoms with Gasteiger partial charge in [-0.3, -0.25) is 0 Å². The molecule has 0 fully saturated rings. The molecular weight excluding hydrogens is 220 g/mol. The average molecular weight is 233 g/mol. The van der Waals surface area contributed by atoms with Gasteiger partial charge in [0.2, 0.25) is 5.88 Å². The van der Waals surface area contributed by atoms with Gasteiger partial charge in [-0.05, 0) is 36.7 Å². The van der Waals surface area contributed by atoms with Crippen LogP contribution in [0.4, 0.5) is 0 Å². The molecule has 0 radical (unpaired) electrons. The topological polar surface area (TPSA) is 27.1 Å². The molecule has 0 unspecified atom stereocenters. The van der Waals surface area contributed by atoms with E-state index in [4.69, 9.17) is 4.74 Å². The second-order valence-corrected chi connectivity index (χ2v) is 4.40. The van der Waals surface area contributed by atoms with Gasteiger partial charge in [0.1, 0.15) is 4.60 Å². The predicted octanol–water partition coefficient (Wildman–Crippen LogP) is 2.41. The number of hydrogen-bond donors (Lipinski definition) is 0. The Hall–Kier alpha value is -0.510. The third kappa shape index (κ3) is 1.80.